The highest BCUT2D eigenvalue weighted by Crippen LogP contribution is 2.24. The Morgan fingerprint density at radius 2 is 2.43 bits per heavy atom. The molecule has 21 heavy (non-hydrogen) atoms. The van der Waals surface area contributed by atoms with Gasteiger partial charge in [0.25, 0.3) is 0 Å². The summed E-state index contributed by atoms with van der Waals surface area (Å²) in [6.45, 7) is 4.29. The first-order valence-electron chi connectivity index (χ1n) is 7.06. The van der Waals surface area contributed by atoms with E-state index in [1.54, 1.807) is 22.7 Å². The highest BCUT2D eigenvalue weighted by atomic mass is 32.1. The lowest BCUT2D eigenvalue weighted by atomic mass is 10.1. The smallest absolute Gasteiger partial charge is 0.239 e. The zero-order valence-electron chi connectivity index (χ0n) is 12.3. The lowest BCUT2D eigenvalue weighted by Crippen LogP contribution is -2.46. The van der Waals surface area contributed by atoms with Crippen LogP contribution in [0.4, 0.5) is 0 Å². The maximum Gasteiger partial charge on any atom is 0.239 e. The van der Waals surface area contributed by atoms with E-state index in [0.29, 0.717) is 6.54 Å². The topological polar surface area (TPSA) is 36.4 Å². The quantitative estimate of drug-likeness (QED) is 0.868. The van der Waals surface area contributed by atoms with Gasteiger partial charge in [0.05, 0.1) is 17.2 Å². The van der Waals surface area contributed by atoms with Crippen molar-refractivity contribution in [3.8, 4) is 0 Å². The molecule has 0 saturated carbocycles. The first-order chi connectivity index (χ1) is 10.1. The van der Waals surface area contributed by atoms with Crippen LogP contribution in [0.25, 0.3) is 0 Å². The first kappa shape index (κ1) is 14.7. The Labute approximate surface area is 133 Å². The summed E-state index contributed by atoms with van der Waals surface area (Å²) in [5.74, 6) is 0.213. The predicted molar refractivity (Wildman–Crippen MR) is 86.5 cm³/mol. The van der Waals surface area contributed by atoms with E-state index in [4.69, 9.17) is 0 Å². The van der Waals surface area contributed by atoms with Gasteiger partial charge < -0.3 is 4.90 Å². The number of fused-ring (bicyclic) bond motifs is 1. The Morgan fingerprint density at radius 3 is 3.19 bits per heavy atom. The molecule has 3 rings (SSSR count). The Kier molecular flexibility index (Phi) is 4.37. The number of hydrogen-bond acceptors (Lipinski definition) is 5. The van der Waals surface area contributed by atoms with Crippen molar-refractivity contribution in [2.75, 3.05) is 13.6 Å². The molecule has 0 fully saturated rings. The van der Waals surface area contributed by atoms with Gasteiger partial charge in [0.1, 0.15) is 0 Å². The minimum Gasteiger partial charge on any atom is -0.337 e. The van der Waals surface area contributed by atoms with Crippen molar-refractivity contribution in [1.29, 1.82) is 0 Å². The number of thiazole rings is 1. The van der Waals surface area contributed by atoms with Crippen molar-refractivity contribution < 1.29 is 4.79 Å². The molecule has 0 radical (unpaired) electrons. The molecule has 0 N–H and O–H groups in total. The molecule has 1 aliphatic heterocycles. The summed E-state index contributed by atoms with van der Waals surface area (Å²) in [4.78, 5) is 22.4. The molecule has 0 spiro atoms. The van der Waals surface area contributed by atoms with Gasteiger partial charge in [-0.3, -0.25) is 9.69 Å². The van der Waals surface area contributed by atoms with E-state index in [-0.39, 0.29) is 11.9 Å². The van der Waals surface area contributed by atoms with Crippen molar-refractivity contribution >= 4 is 28.6 Å². The fourth-order valence-corrected chi connectivity index (χ4v) is 4.04. The van der Waals surface area contributed by atoms with Gasteiger partial charge in [-0.1, -0.05) is 0 Å². The molecule has 1 amide bonds. The van der Waals surface area contributed by atoms with Crippen molar-refractivity contribution in [1.82, 2.24) is 14.8 Å². The Hall–Kier alpha value is -1.24. The molecule has 3 heterocycles. The number of rotatable bonds is 4. The van der Waals surface area contributed by atoms with Crippen LogP contribution < -0.4 is 0 Å². The molecule has 0 unspecified atom stereocenters. The molecule has 1 aliphatic rings. The molecular formula is C15H19N3OS2. The molecule has 112 valence electrons. The summed E-state index contributed by atoms with van der Waals surface area (Å²) >= 11 is 3.39. The number of thiophene rings is 1. The third-order valence-corrected chi connectivity index (χ3v) is 5.69. The lowest BCUT2D eigenvalue weighted by Gasteiger charge is -2.32. The molecule has 2 aromatic rings. The molecule has 0 saturated heterocycles. The van der Waals surface area contributed by atoms with E-state index in [1.807, 2.05) is 29.8 Å². The van der Waals surface area contributed by atoms with Gasteiger partial charge in [-0.25, -0.2) is 4.98 Å². The van der Waals surface area contributed by atoms with Crippen LogP contribution in [-0.4, -0.2) is 40.3 Å². The van der Waals surface area contributed by atoms with Gasteiger partial charge in [-0.2, -0.15) is 0 Å². The summed E-state index contributed by atoms with van der Waals surface area (Å²) in [7, 11) is 1.99. The zero-order chi connectivity index (χ0) is 14.8. The first-order valence-corrected chi connectivity index (χ1v) is 8.88. The molecule has 1 atom stereocenters. The van der Waals surface area contributed by atoms with Gasteiger partial charge in [0.2, 0.25) is 5.91 Å². The van der Waals surface area contributed by atoms with Gasteiger partial charge in [0, 0.05) is 29.9 Å². The molecule has 2 aromatic heterocycles. The minimum absolute atomic E-state index is 0.119. The van der Waals surface area contributed by atoms with Crippen LogP contribution in [0.3, 0.4) is 0 Å². The molecule has 0 bridgehead atoms. The van der Waals surface area contributed by atoms with Crippen LogP contribution in [0.5, 0.6) is 0 Å². The highest BCUT2D eigenvalue weighted by Gasteiger charge is 2.27. The standard InChI is InChI=1S/C15H19N3OS2/c1-11(17(2)8-13-9-20-10-16-13)15(19)18-5-3-14-12(7-18)4-6-21-14/h4,6,9-11H,3,5,7-8H2,1-2H3/t11-/m1/s1. The Morgan fingerprint density at radius 1 is 1.57 bits per heavy atom. The highest BCUT2D eigenvalue weighted by molar-refractivity contribution is 7.10. The largest absolute Gasteiger partial charge is 0.337 e. The van der Waals surface area contributed by atoms with Crippen LogP contribution in [0.15, 0.2) is 22.3 Å². The summed E-state index contributed by atoms with van der Waals surface area (Å²) in [5, 5.41) is 4.16. The van der Waals surface area contributed by atoms with E-state index in [1.165, 1.54) is 10.4 Å². The summed E-state index contributed by atoms with van der Waals surface area (Å²) in [6.07, 6.45) is 0.987. The normalized spacial score (nSPS) is 16.0. The summed E-state index contributed by atoms with van der Waals surface area (Å²) < 4.78 is 0. The third-order valence-electron chi connectivity index (χ3n) is 4.03. The van der Waals surface area contributed by atoms with Gasteiger partial charge >= 0.3 is 0 Å². The monoisotopic (exact) mass is 321 g/mol. The number of carbonyl (C=O) groups is 1. The maximum atomic E-state index is 12.7. The van der Waals surface area contributed by atoms with Crippen molar-refractivity contribution in [2.24, 2.45) is 0 Å². The second-order valence-corrected chi connectivity index (χ2v) is 7.17. The lowest BCUT2D eigenvalue weighted by molar-refractivity contribution is -0.137. The van der Waals surface area contributed by atoms with Gasteiger partial charge in [-0.15, -0.1) is 22.7 Å². The Balaban J connectivity index is 1.62. The van der Waals surface area contributed by atoms with Crippen LogP contribution in [0, 0.1) is 0 Å². The van der Waals surface area contributed by atoms with E-state index >= 15 is 0 Å². The van der Waals surface area contributed by atoms with E-state index in [9.17, 15) is 4.79 Å². The van der Waals surface area contributed by atoms with Crippen molar-refractivity contribution in [2.45, 2.75) is 32.5 Å². The SMILES string of the molecule is C[C@H](C(=O)N1CCc2sccc2C1)N(C)Cc1cscn1. The average Bonchev–Trinajstić information content (AvgIpc) is 3.15. The second-order valence-electron chi connectivity index (χ2n) is 5.45. The molecule has 0 aliphatic carbocycles. The van der Waals surface area contributed by atoms with E-state index in [0.717, 1.165) is 25.2 Å². The maximum absolute atomic E-state index is 12.7. The van der Waals surface area contributed by atoms with Crippen LogP contribution in [0.1, 0.15) is 23.1 Å². The van der Waals surface area contributed by atoms with Crippen molar-refractivity contribution in [3.05, 3.63) is 38.5 Å². The summed E-state index contributed by atoms with van der Waals surface area (Å²) in [5.41, 5.74) is 4.17. The van der Waals surface area contributed by atoms with Gasteiger partial charge in [0.15, 0.2) is 0 Å². The van der Waals surface area contributed by atoms with Crippen LogP contribution >= 0.6 is 22.7 Å². The number of nitrogens with zero attached hydrogens (tertiary/aromatic N) is 3. The molecule has 6 heteroatoms. The summed E-state index contributed by atoms with van der Waals surface area (Å²) in [6, 6.07) is 2.02. The van der Waals surface area contributed by atoms with Crippen LogP contribution in [-0.2, 0) is 24.3 Å². The van der Waals surface area contributed by atoms with E-state index < -0.39 is 0 Å². The third kappa shape index (κ3) is 3.17. The molecular weight excluding hydrogens is 302 g/mol. The minimum atomic E-state index is -0.119. The fraction of sp³-hybridized carbons (Fsp3) is 0.467. The predicted octanol–water partition coefficient (Wildman–Crippen LogP) is 2.61. The number of amides is 1. The average molecular weight is 321 g/mol. The van der Waals surface area contributed by atoms with Gasteiger partial charge in [-0.05, 0) is 37.4 Å². The van der Waals surface area contributed by atoms with Crippen molar-refractivity contribution in [3.63, 3.8) is 0 Å². The number of likely N-dealkylation sites (N-methyl/N-ethyl adjacent to an activating group) is 1. The number of aromatic nitrogens is 1. The Bertz CT molecular complexity index is 608. The number of hydrogen-bond donors (Lipinski definition) is 0. The molecule has 4 nitrogen and oxygen atoms in total. The van der Waals surface area contributed by atoms with E-state index in [2.05, 4.69) is 21.3 Å². The second kappa shape index (κ2) is 6.25. The fourth-order valence-electron chi connectivity index (χ4n) is 2.60. The number of carbonyl (C=O) groups excluding carboxylic acids is 1. The zero-order valence-corrected chi connectivity index (χ0v) is 13.9. The molecule has 0 aromatic carbocycles. The van der Waals surface area contributed by atoms with Crippen LogP contribution in [0.2, 0.25) is 0 Å².